The number of rotatable bonds is 4. The van der Waals surface area contributed by atoms with Gasteiger partial charge >= 0.3 is 0 Å². The average molecular weight is 337 g/mol. The van der Waals surface area contributed by atoms with Crippen molar-refractivity contribution in [2.45, 2.75) is 4.21 Å². The second-order valence-corrected chi connectivity index (χ2v) is 7.29. The zero-order valence-electron chi connectivity index (χ0n) is 11.8. The van der Waals surface area contributed by atoms with Gasteiger partial charge in [-0.1, -0.05) is 0 Å². The van der Waals surface area contributed by atoms with Crippen molar-refractivity contribution in [3.8, 4) is 11.8 Å². The number of hydrogen-bond acceptors (Lipinski definition) is 7. The van der Waals surface area contributed by atoms with E-state index in [-0.39, 0.29) is 5.75 Å². The quantitative estimate of drug-likeness (QED) is 0.824. The van der Waals surface area contributed by atoms with Crippen molar-refractivity contribution in [1.29, 1.82) is 5.26 Å². The van der Waals surface area contributed by atoms with Gasteiger partial charge in [-0.3, -0.25) is 9.69 Å². The van der Waals surface area contributed by atoms with Gasteiger partial charge in [0.2, 0.25) is 0 Å². The Morgan fingerprint density at radius 1 is 1.50 bits per heavy atom. The molecule has 0 radical (unpaired) electrons. The molecule has 1 aliphatic heterocycles. The van der Waals surface area contributed by atoms with Crippen LogP contribution in [0.15, 0.2) is 15.1 Å². The Balaban J connectivity index is 1.77. The Morgan fingerprint density at radius 2 is 2.27 bits per heavy atom. The topological polar surface area (TPSA) is 89.3 Å². The average Bonchev–Trinajstić information content (AvgIpc) is 2.86. The zero-order chi connectivity index (χ0) is 15.5. The van der Waals surface area contributed by atoms with E-state index < -0.39 is 5.56 Å². The first-order chi connectivity index (χ1) is 10.7. The molecule has 0 spiro atoms. The fourth-order valence-corrected chi connectivity index (χ4v) is 4.77. The van der Waals surface area contributed by atoms with Crippen molar-refractivity contribution in [1.82, 2.24) is 9.88 Å². The number of pyridine rings is 1. The molecule has 6 nitrogen and oxygen atoms in total. The molecule has 0 aliphatic carbocycles. The van der Waals surface area contributed by atoms with Crippen molar-refractivity contribution >= 4 is 33.3 Å². The Bertz CT molecular complexity index is 772. The molecule has 0 unspecified atom stereocenters. The molecule has 3 rings (SSSR count). The van der Waals surface area contributed by atoms with Crippen molar-refractivity contribution in [2.24, 2.45) is 0 Å². The smallest absolute Gasteiger partial charge is 0.252 e. The molecular weight excluding hydrogens is 322 g/mol. The van der Waals surface area contributed by atoms with Crippen molar-refractivity contribution in [2.75, 3.05) is 38.6 Å². The van der Waals surface area contributed by atoms with E-state index >= 15 is 0 Å². The Labute approximate surface area is 135 Å². The van der Waals surface area contributed by atoms with E-state index in [4.69, 9.17) is 4.74 Å². The van der Waals surface area contributed by atoms with E-state index in [1.165, 1.54) is 11.3 Å². The summed E-state index contributed by atoms with van der Waals surface area (Å²) in [5.74, 6) is 0.784. The molecule has 8 heteroatoms. The number of thiophene rings is 1. The highest BCUT2D eigenvalue weighted by Gasteiger charge is 2.17. The maximum atomic E-state index is 11.5. The number of nitrogens with zero attached hydrogens (tertiary/aromatic N) is 2. The number of aromatic hydroxyl groups is 1. The van der Waals surface area contributed by atoms with Crippen LogP contribution in [0.4, 0.5) is 0 Å². The van der Waals surface area contributed by atoms with Crippen LogP contribution in [0, 0.1) is 11.3 Å². The molecule has 2 N–H and O–H groups in total. The van der Waals surface area contributed by atoms with E-state index in [2.05, 4.69) is 16.0 Å². The van der Waals surface area contributed by atoms with Crippen LogP contribution in [0.3, 0.4) is 0 Å². The molecule has 0 saturated carbocycles. The number of thioether (sulfide) groups is 1. The van der Waals surface area contributed by atoms with Crippen molar-refractivity contribution in [3.05, 3.63) is 22.0 Å². The largest absolute Gasteiger partial charge is 0.506 e. The van der Waals surface area contributed by atoms with Gasteiger partial charge in [0.05, 0.1) is 27.6 Å². The predicted octanol–water partition coefficient (Wildman–Crippen LogP) is 1.59. The first kappa shape index (κ1) is 15.4. The summed E-state index contributed by atoms with van der Waals surface area (Å²) in [6.07, 6.45) is 0. The fourth-order valence-electron chi connectivity index (χ4n) is 2.35. The highest BCUT2D eigenvalue weighted by atomic mass is 32.2. The number of nitrogens with one attached hydrogen (secondary N) is 1. The molecule has 22 heavy (non-hydrogen) atoms. The number of hydrogen-bond donors (Lipinski definition) is 2. The maximum Gasteiger partial charge on any atom is 0.252 e. The van der Waals surface area contributed by atoms with Crippen LogP contribution < -0.4 is 5.56 Å². The lowest BCUT2D eigenvalue weighted by Crippen LogP contribution is -2.37. The molecular formula is C14H15N3O3S2. The third-order valence-electron chi connectivity index (χ3n) is 3.48. The molecule has 0 atom stereocenters. The summed E-state index contributed by atoms with van der Waals surface area (Å²) >= 11 is 2.93. The third kappa shape index (κ3) is 3.13. The summed E-state index contributed by atoms with van der Waals surface area (Å²) in [5, 5.41) is 19.2. The SMILES string of the molecule is N#Cc1c(SCCN2CCOCC2)sc2c(O)cc(=O)[nH]c12. The molecule has 1 saturated heterocycles. The van der Waals surface area contributed by atoms with E-state index in [0.29, 0.717) is 15.8 Å². The van der Waals surface area contributed by atoms with Crippen LogP contribution in [0.1, 0.15) is 5.56 Å². The molecule has 2 aromatic rings. The molecule has 2 aromatic heterocycles. The van der Waals surface area contributed by atoms with Gasteiger partial charge in [-0.2, -0.15) is 5.26 Å². The standard InChI is InChI=1S/C14H15N3O3S2/c15-8-9-12-13(10(18)7-11(19)16-12)22-14(9)21-6-3-17-1-4-20-5-2-17/h7H,1-6H2,(H2,16,18,19). The number of morpholine rings is 1. The molecule has 1 aliphatic rings. The lowest BCUT2D eigenvalue weighted by Gasteiger charge is -2.26. The first-order valence-corrected chi connectivity index (χ1v) is 8.71. The van der Waals surface area contributed by atoms with Crippen molar-refractivity contribution < 1.29 is 9.84 Å². The number of H-pyrrole nitrogens is 1. The Morgan fingerprint density at radius 3 is 3.00 bits per heavy atom. The fraction of sp³-hybridized carbons (Fsp3) is 0.429. The highest BCUT2D eigenvalue weighted by molar-refractivity contribution is 8.01. The molecule has 0 amide bonds. The Kier molecular flexibility index (Phi) is 4.69. The minimum atomic E-state index is -0.399. The van der Waals surface area contributed by atoms with Gasteiger partial charge in [-0.15, -0.1) is 23.1 Å². The minimum absolute atomic E-state index is 0.0692. The van der Waals surface area contributed by atoms with Crippen LogP contribution in [-0.4, -0.2) is 53.6 Å². The highest BCUT2D eigenvalue weighted by Crippen LogP contribution is 2.39. The number of nitriles is 1. The van der Waals surface area contributed by atoms with Crippen LogP contribution >= 0.6 is 23.1 Å². The van der Waals surface area contributed by atoms with Crippen LogP contribution in [0.5, 0.6) is 5.75 Å². The van der Waals surface area contributed by atoms with Gasteiger partial charge in [0.1, 0.15) is 17.4 Å². The molecule has 1 fully saturated rings. The summed E-state index contributed by atoms with van der Waals surface area (Å²) in [6.45, 7) is 4.34. The van der Waals surface area contributed by atoms with E-state index in [1.807, 2.05) is 0 Å². The zero-order valence-corrected chi connectivity index (χ0v) is 13.4. The lowest BCUT2D eigenvalue weighted by atomic mass is 10.3. The van der Waals surface area contributed by atoms with E-state index in [0.717, 1.165) is 48.9 Å². The maximum absolute atomic E-state index is 11.5. The van der Waals surface area contributed by atoms with Crippen LogP contribution in [0.25, 0.3) is 10.2 Å². The number of fused-ring (bicyclic) bond motifs is 1. The monoisotopic (exact) mass is 337 g/mol. The number of aromatic nitrogens is 1. The van der Waals surface area contributed by atoms with Gasteiger partial charge in [0, 0.05) is 31.5 Å². The van der Waals surface area contributed by atoms with E-state index in [9.17, 15) is 15.2 Å². The first-order valence-electron chi connectivity index (χ1n) is 6.91. The van der Waals surface area contributed by atoms with Crippen molar-refractivity contribution in [3.63, 3.8) is 0 Å². The van der Waals surface area contributed by atoms with Crippen LogP contribution in [-0.2, 0) is 4.74 Å². The van der Waals surface area contributed by atoms with Gasteiger partial charge in [-0.25, -0.2) is 0 Å². The minimum Gasteiger partial charge on any atom is -0.506 e. The Hall–Kier alpha value is -1.53. The summed E-state index contributed by atoms with van der Waals surface area (Å²) in [5.41, 5.74) is 0.482. The summed E-state index contributed by atoms with van der Waals surface area (Å²) in [6, 6.07) is 3.28. The number of aromatic amines is 1. The second kappa shape index (κ2) is 6.71. The van der Waals surface area contributed by atoms with Gasteiger partial charge < -0.3 is 14.8 Å². The van der Waals surface area contributed by atoms with E-state index in [1.54, 1.807) is 11.8 Å². The summed E-state index contributed by atoms with van der Waals surface area (Å²) in [4.78, 5) is 16.4. The summed E-state index contributed by atoms with van der Waals surface area (Å²) in [7, 11) is 0. The van der Waals surface area contributed by atoms with Gasteiger partial charge in [0.25, 0.3) is 5.56 Å². The van der Waals surface area contributed by atoms with Gasteiger partial charge in [0.15, 0.2) is 0 Å². The van der Waals surface area contributed by atoms with Gasteiger partial charge in [-0.05, 0) is 0 Å². The lowest BCUT2D eigenvalue weighted by molar-refractivity contribution is 0.0410. The summed E-state index contributed by atoms with van der Waals surface area (Å²) < 4.78 is 6.71. The predicted molar refractivity (Wildman–Crippen MR) is 86.8 cm³/mol. The second-order valence-electron chi connectivity index (χ2n) is 4.90. The molecule has 0 bridgehead atoms. The van der Waals surface area contributed by atoms with Crippen LogP contribution in [0.2, 0.25) is 0 Å². The third-order valence-corrected chi connectivity index (χ3v) is 5.94. The molecule has 116 valence electrons. The molecule has 3 heterocycles. The normalized spacial score (nSPS) is 16.0. The number of ether oxygens (including phenoxy) is 1. The molecule has 0 aromatic carbocycles.